The van der Waals surface area contributed by atoms with Crippen LogP contribution < -0.4 is 0 Å². The van der Waals surface area contributed by atoms with E-state index in [-0.39, 0.29) is 0 Å². The predicted octanol–water partition coefficient (Wildman–Crippen LogP) is 2.75. The summed E-state index contributed by atoms with van der Waals surface area (Å²) in [5.74, 6) is -0.871. The van der Waals surface area contributed by atoms with E-state index in [9.17, 15) is 4.79 Å². The van der Waals surface area contributed by atoms with Crippen LogP contribution in [0.2, 0.25) is 0 Å². The van der Waals surface area contributed by atoms with Crippen molar-refractivity contribution in [3.63, 3.8) is 0 Å². The molecule has 0 fully saturated rings. The van der Waals surface area contributed by atoms with E-state index in [1.54, 1.807) is 13.2 Å². The molecule has 1 heterocycles. The predicted molar refractivity (Wildman–Crippen MR) is 59.5 cm³/mol. The molecule has 0 saturated carbocycles. The van der Waals surface area contributed by atoms with E-state index in [0.29, 0.717) is 11.5 Å². The van der Waals surface area contributed by atoms with Gasteiger partial charge < -0.3 is 9.84 Å². The molecule has 0 aliphatic heterocycles. The van der Waals surface area contributed by atoms with Crippen LogP contribution >= 0.6 is 11.3 Å². The molecule has 0 aliphatic rings. The molecule has 3 nitrogen and oxygen atoms in total. The third-order valence-electron chi connectivity index (χ3n) is 2.10. The van der Waals surface area contributed by atoms with E-state index in [2.05, 4.69) is 0 Å². The minimum absolute atomic E-state index is 0.375. The summed E-state index contributed by atoms with van der Waals surface area (Å²) in [6.07, 6.45) is 0. The maximum absolute atomic E-state index is 10.8. The van der Waals surface area contributed by atoms with Crippen LogP contribution in [0.3, 0.4) is 0 Å². The summed E-state index contributed by atoms with van der Waals surface area (Å²) in [5, 5.41) is 9.81. The van der Waals surface area contributed by atoms with Gasteiger partial charge in [0.15, 0.2) is 0 Å². The van der Waals surface area contributed by atoms with E-state index >= 15 is 0 Å². The van der Waals surface area contributed by atoms with Crippen molar-refractivity contribution in [1.82, 2.24) is 0 Å². The van der Waals surface area contributed by atoms with Crippen molar-refractivity contribution in [2.45, 2.75) is 6.61 Å². The summed E-state index contributed by atoms with van der Waals surface area (Å²) < 4.78 is 6.01. The van der Waals surface area contributed by atoms with Gasteiger partial charge in [-0.25, -0.2) is 4.79 Å². The summed E-state index contributed by atoms with van der Waals surface area (Å²) in [6, 6.07) is 7.54. The number of rotatable bonds is 3. The number of carbonyl (C=O) groups is 1. The summed E-state index contributed by atoms with van der Waals surface area (Å²) in [6.45, 7) is 0.550. The maximum atomic E-state index is 10.8. The Hall–Kier alpha value is -1.39. The molecule has 0 bridgehead atoms. The quantitative estimate of drug-likeness (QED) is 0.868. The molecular weight excluding hydrogens is 212 g/mol. The van der Waals surface area contributed by atoms with E-state index < -0.39 is 5.97 Å². The first-order chi connectivity index (χ1) is 7.20. The molecular formula is C11H10O3S. The Labute approximate surface area is 90.9 Å². The van der Waals surface area contributed by atoms with Crippen LogP contribution in [0.1, 0.15) is 15.2 Å². The monoisotopic (exact) mass is 222 g/mol. The smallest absolute Gasteiger partial charge is 0.345 e. The zero-order valence-corrected chi connectivity index (χ0v) is 9.00. The molecule has 0 amide bonds. The molecule has 0 aliphatic carbocycles. The lowest BCUT2D eigenvalue weighted by Gasteiger charge is -1.98. The lowest BCUT2D eigenvalue weighted by atomic mass is 10.2. The molecule has 78 valence electrons. The molecule has 0 atom stereocenters. The van der Waals surface area contributed by atoms with Gasteiger partial charge in [-0.15, -0.1) is 11.3 Å². The van der Waals surface area contributed by atoms with Crippen molar-refractivity contribution < 1.29 is 14.6 Å². The highest BCUT2D eigenvalue weighted by molar-refractivity contribution is 7.20. The van der Waals surface area contributed by atoms with Gasteiger partial charge in [-0.05, 0) is 29.1 Å². The van der Waals surface area contributed by atoms with E-state index in [1.165, 1.54) is 11.3 Å². The van der Waals surface area contributed by atoms with Gasteiger partial charge in [0.2, 0.25) is 0 Å². The molecule has 1 aromatic heterocycles. The van der Waals surface area contributed by atoms with Gasteiger partial charge in [0, 0.05) is 11.8 Å². The van der Waals surface area contributed by atoms with Gasteiger partial charge in [-0.2, -0.15) is 0 Å². The van der Waals surface area contributed by atoms with E-state index in [0.717, 1.165) is 15.6 Å². The maximum Gasteiger partial charge on any atom is 0.345 e. The number of hydrogen-bond acceptors (Lipinski definition) is 3. The second-order valence-electron chi connectivity index (χ2n) is 3.22. The van der Waals surface area contributed by atoms with Crippen LogP contribution in [0.4, 0.5) is 0 Å². The fraction of sp³-hybridized carbons (Fsp3) is 0.182. The number of hydrogen-bond donors (Lipinski definition) is 1. The number of carboxylic acid groups (broad SMARTS) is 1. The summed E-state index contributed by atoms with van der Waals surface area (Å²) in [5.41, 5.74) is 1.06. The van der Waals surface area contributed by atoms with E-state index in [1.807, 2.05) is 18.2 Å². The summed E-state index contributed by atoms with van der Waals surface area (Å²) in [7, 11) is 1.64. The van der Waals surface area contributed by atoms with Crippen LogP contribution in [0.5, 0.6) is 0 Å². The van der Waals surface area contributed by atoms with Crippen molar-refractivity contribution in [3.05, 3.63) is 34.7 Å². The fourth-order valence-corrected chi connectivity index (χ4v) is 2.34. The highest BCUT2D eigenvalue weighted by Crippen LogP contribution is 2.26. The highest BCUT2D eigenvalue weighted by atomic mass is 32.1. The normalized spacial score (nSPS) is 10.7. The molecule has 0 unspecified atom stereocenters. The third-order valence-corrected chi connectivity index (χ3v) is 3.21. The zero-order chi connectivity index (χ0) is 10.8. The van der Waals surface area contributed by atoms with Gasteiger partial charge in [-0.3, -0.25) is 0 Å². The first-order valence-electron chi connectivity index (χ1n) is 4.45. The number of fused-ring (bicyclic) bond motifs is 1. The first kappa shape index (κ1) is 10.1. The third kappa shape index (κ3) is 2.00. The van der Waals surface area contributed by atoms with Crippen molar-refractivity contribution in [1.29, 1.82) is 0 Å². The average Bonchev–Trinajstić information content (AvgIpc) is 2.61. The molecule has 15 heavy (non-hydrogen) atoms. The summed E-state index contributed by atoms with van der Waals surface area (Å²) in [4.78, 5) is 11.1. The van der Waals surface area contributed by atoms with Gasteiger partial charge >= 0.3 is 5.97 Å². The SMILES string of the molecule is COCc1ccc2sc(C(=O)O)cc2c1. The molecule has 0 spiro atoms. The van der Waals surface area contributed by atoms with Gasteiger partial charge in [0.25, 0.3) is 0 Å². The number of aromatic carboxylic acids is 1. The Kier molecular flexibility index (Phi) is 2.70. The average molecular weight is 222 g/mol. The molecule has 2 rings (SSSR count). The first-order valence-corrected chi connectivity index (χ1v) is 5.27. The van der Waals surface area contributed by atoms with Crippen molar-refractivity contribution in [2.75, 3.05) is 7.11 Å². The number of ether oxygens (including phenoxy) is 1. The zero-order valence-electron chi connectivity index (χ0n) is 8.19. The lowest BCUT2D eigenvalue weighted by molar-refractivity contribution is 0.0702. The Morgan fingerprint density at radius 3 is 2.93 bits per heavy atom. The molecule has 0 saturated heterocycles. The largest absolute Gasteiger partial charge is 0.477 e. The molecule has 1 aromatic carbocycles. The Balaban J connectivity index is 2.47. The van der Waals surface area contributed by atoms with Crippen molar-refractivity contribution in [3.8, 4) is 0 Å². The van der Waals surface area contributed by atoms with Crippen LogP contribution in [0.15, 0.2) is 24.3 Å². The van der Waals surface area contributed by atoms with Gasteiger partial charge in [0.1, 0.15) is 4.88 Å². The minimum atomic E-state index is -0.871. The topological polar surface area (TPSA) is 46.5 Å². The Bertz CT molecular complexity index is 502. The fourth-order valence-electron chi connectivity index (χ4n) is 1.45. The summed E-state index contributed by atoms with van der Waals surface area (Å²) >= 11 is 1.29. The second-order valence-corrected chi connectivity index (χ2v) is 4.30. The van der Waals surface area contributed by atoms with Crippen LogP contribution in [-0.4, -0.2) is 18.2 Å². The second kappa shape index (κ2) is 4.00. The number of thiophene rings is 1. The lowest BCUT2D eigenvalue weighted by Crippen LogP contribution is -1.89. The minimum Gasteiger partial charge on any atom is -0.477 e. The Morgan fingerprint density at radius 1 is 1.47 bits per heavy atom. The van der Waals surface area contributed by atoms with E-state index in [4.69, 9.17) is 9.84 Å². The number of carboxylic acids is 1. The molecule has 4 heteroatoms. The number of benzene rings is 1. The molecule has 2 aromatic rings. The van der Waals surface area contributed by atoms with Crippen LogP contribution in [-0.2, 0) is 11.3 Å². The Morgan fingerprint density at radius 2 is 2.27 bits per heavy atom. The standard InChI is InChI=1S/C11H10O3S/c1-14-6-7-2-3-9-8(4-7)5-10(15-9)11(12)13/h2-5H,6H2,1H3,(H,12,13). The van der Waals surface area contributed by atoms with Gasteiger partial charge in [0.05, 0.1) is 6.61 Å². The molecule has 1 N–H and O–H groups in total. The number of methoxy groups -OCH3 is 1. The highest BCUT2D eigenvalue weighted by Gasteiger charge is 2.08. The van der Waals surface area contributed by atoms with Crippen molar-refractivity contribution in [2.24, 2.45) is 0 Å². The molecule has 0 radical (unpaired) electrons. The van der Waals surface area contributed by atoms with Crippen molar-refractivity contribution >= 4 is 27.4 Å². The van der Waals surface area contributed by atoms with Crippen LogP contribution in [0.25, 0.3) is 10.1 Å². The van der Waals surface area contributed by atoms with Crippen LogP contribution in [0, 0.1) is 0 Å². The van der Waals surface area contributed by atoms with Gasteiger partial charge in [-0.1, -0.05) is 6.07 Å².